The number of nitrogens with zero attached hydrogens (tertiary/aromatic N) is 2. The van der Waals surface area contributed by atoms with Crippen molar-refractivity contribution in [1.29, 1.82) is 0 Å². The Morgan fingerprint density at radius 1 is 0.610 bits per heavy atom. The number of aliphatic hydroxyl groups is 5. The minimum atomic E-state index is -2.32. The summed E-state index contributed by atoms with van der Waals surface area (Å²) >= 11 is 14.6. The highest BCUT2D eigenvalue weighted by molar-refractivity contribution is 6.32. The van der Waals surface area contributed by atoms with E-state index in [4.69, 9.17) is 65.8 Å². The number of urea groups is 1. The number of anilines is 1. The SMILES string of the molecule is COCCN(CCOC)CCOc1ccc(NC(=O)NC(=O)C[C@@H]2CC(=O)[C@H](NC(=O)[C@@H](CC(C)C)N(C)C(=O)OC(C)(C)C)[C@H](O)c3ccc(c(Cl)c3)Oc3cc4cc(c3O[C@@H]3O[C@H](CCC(=O)OC(C)(C)C)[C@@H](O)[C@H](O)[C@H]3O)Oc3ccc(cc3Cl)[C@@H](O)[C@@H]3NC(=O)[C@H](CC(=O)[C@@H]4NC2=O)c2ccc(O)c(c2)-c2c(O)cc(O)cc2[C@@H](C(=O)CC2C4CC5CC(C4)CC2C5)NC3=O)cc1. The molecule has 6 aliphatic heterocycles. The van der Waals surface area contributed by atoms with Crippen LogP contribution >= 0.6 is 23.2 Å². The number of rotatable bonds is 26. The second kappa shape index (κ2) is 43.6. The number of phenolic OH excluding ortho intramolecular Hbond substituents is 3. The summed E-state index contributed by atoms with van der Waals surface area (Å²) in [5, 5.41) is 112. The average molecular weight is 1930 g/mol. The molecule has 1 saturated heterocycles. The second-order valence-corrected chi connectivity index (χ2v) is 39.5. The van der Waals surface area contributed by atoms with E-state index in [1.165, 1.54) is 55.6 Å². The third-order valence-corrected chi connectivity index (χ3v) is 26.4. The van der Waals surface area contributed by atoms with Crippen molar-refractivity contribution in [2.45, 2.75) is 223 Å². The number of methoxy groups -OCH3 is 2. The lowest BCUT2D eigenvalue weighted by atomic mass is 9.51. The third-order valence-electron chi connectivity index (χ3n) is 25.8. The number of esters is 1. The van der Waals surface area contributed by atoms with Crippen LogP contribution in [0.2, 0.25) is 10.0 Å². The van der Waals surface area contributed by atoms with E-state index >= 15 is 33.6 Å². The number of ether oxygens (including phenoxy) is 9. The molecule has 15 bridgehead atoms. The van der Waals surface area contributed by atoms with Gasteiger partial charge in [-0.3, -0.25) is 58.3 Å². The summed E-state index contributed by atoms with van der Waals surface area (Å²) in [5.41, 5.74) is -3.88. The molecule has 0 spiro atoms. The van der Waals surface area contributed by atoms with Gasteiger partial charge in [0.1, 0.15) is 113 Å². The Hall–Kier alpha value is -11.3. The molecule has 14 atom stereocenters. The van der Waals surface area contributed by atoms with Crippen LogP contribution in [-0.2, 0) is 66.8 Å². The normalized spacial score (nSPS) is 25.7. The molecule has 0 unspecified atom stereocenters. The van der Waals surface area contributed by atoms with E-state index < -0.39 is 237 Å². The quantitative estimate of drug-likeness (QED) is 0.0224. The Morgan fingerprint density at radius 3 is 1.81 bits per heavy atom. The lowest BCUT2D eigenvalue weighted by molar-refractivity contribution is -0.273. The number of fused-ring (bicyclic) bond motifs is 15. The monoisotopic (exact) mass is 1930 g/mol. The highest BCUT2D eigenvalue weighted by Crippen LogP contribution is 2.59. The molecule has 0 aromatic heterocycles. The number of nitrogens with one attached hydrogen (secondary N) is 6. The number of aromatic hydroxyl groups is 3. The first-order valence-corrected chi connectivity index (χ1v) is 46.4. The molecule has 6 aromatic rings. The zero-order chi connectivity index (χ0) is 98.4. The highest BCUT2D eigenvalue weighted by Gasteiger charge is 2.52. The van der Waals surface area contributed by atoms with Gasteiger partial charge in [0.25, 0.3) is 0 Å². The van der Waals surface area contributed by atoms with Crippen molar-refractivity contribution in [3.63, 3.8) is 0 Å². The van der Waals surface area contributed by atoms with Gasteiger partial charge < -0.3 is 110 Å². The summed E-state index contributed by atoms with van der Waals surface area (Å²) in [5.74, 6) is -17.5. The number of carbonyl (C=O) groups excluding carboxylic acids is 11. The van der Waals surface area contributed by atoms with Crippen molar-refractivity contribution in [2.75, 3.05) is 66.0 Å². The lowest BCUT2D eigenvalue weighted by Gasteiger charge is -2.54. The van der Waals surface area contributed by atoms with Crippen LogP contribution in [0.5, 0.6) is 51.7 Å². The van der Waals surface area contributed by atoms with Gasteiger partial charge in [-0.05, 0) is 229 Å². The molecule has 4 aliphatic carbocycles. The fourth-order valence-corrected chi connectivity index (χ4v) is 19.8. The van der Waals surface area contributed by atoms with Gasteiger partial charge in [0, 0.05) is 95.9 Å². The minimum absolute atomic E-state index is 0.0799. The number of Topliss-reactive ketones (excluding diaryl/α,β-unsaturated/α-hetero) is 3. The first kappa shape index (κ1) is 102. The van der Waals surface area contributed by atoms with Gasteiger partial charge in [-0.2, -0.15) is 0 Å². The number of halogens is 2. The molecule has 0 radical (unpaired) electrons. The number of phenols is 3. The number of benzene rings is 6. The molecule has 8 amide bonds. The number of hydrogen-bond acceptors (Lipinski definition) is 29. The standard InChI is InChI=1S/C98H120Cl2N8O28/c1-47(2)30-66(107(9)96(127)136-98(6,7)8)92(124)105-82-69(112)39-56(42-77(115)102-95(126)101-57-15-17-59(18-16-57)130-29-26-108(24-27-128-10)25-28-129-11)90(122)103-80-55-40-75(131-72-20-13-51(84(82)117)37-64(72)99)89(134-94-88(121)87(120)86(119)74(133-94)22-23-78(116)135-97(3,4)5)76(41-55)132-73-21-14-52(38-65(73)100)85(118)83-93(125)104-81(71(114)45-60-53-32-48-31-49(34-53)35-54(60)33-48)63-43-58(109)44-68(111)79(63)62-36-50(12-19-67(62)110)61(46-70(80)113)91(123)106-83/h12-21,36-38,40-41,43-44,47-49,53-54,56,60-61,66,74,80-88,94,109-111,117-121H,22-35,39,42,45-46H2,1-11H3,(H,103,122)(H,104,125)(H,105,124)(H,106,123)(H2,101,102,115,126)/t48?,49?,53?,54?,56-,60?,61+,66+,74+,80+,81-,82-,83-,84+,85+,86+,87-,88+,94-/m0/s1. The Balaban J connectivity index is 0.971. The van der Waals surface area contributed by atoms with Gasteiger partial charge in [-0.1, -0.05) is 55.2 Å². The van der Waals surface area contributed by atoms with Crippen molar-refractivity contribution in [3.8, 4) is 62.9 Å². The van der Waals surface area contributed by atoms with Crippen molar-refractivity contribution in [1.82, 2.24) is 36.4 Å². The van der Waals surface area contributed by atoms with Gasteiger partial charge >= 0.3 is 18.1 Å². The molecule has 36 nitrogen and oxygen atoms in total. The Kier molecular flexibility index (Phi) is 32.7. The maximum absolute atomic E-state index is 16.9. The van der Waals surface area contributed by atoms with Gasteiger partial charge in [0.15, 0.2) is 28.8 Å². The summed E-state index contributed by atoms with van der Waals surface area (Å²) in [6.07, 6.45) is -15.1. The minimum Gasteiger partial charge on any atom is -0.508 e. The molecular formula is C98H120Cl2N8O28. The molecule has 14 N–H and O–H groups in total. The number of likely N-dealkylation sites (N-methyl/N-ethyl adjacent to an activating group) is 1. The van der Waals surface area contributed by atoms with Crippen LogP contribution < -0.4 is 50.8 Å². The smallest absolute Gasteiger partial charge is 0.410 e. The van der Waals surface area contributed by atoms with Crippen LogP contribution in [0.1, 0.15) is 190 Å². The molecule has 136 heavy (non-hydrogen) atoms. The summed E-state index contributed by atoms with van der Waals surface area (Å²) < 4.78 is 54.1. The number of ketones is 3. The molecule has 6 heterocycles. The summed E-state index contributed by atoms with van der Waals surface area (Å²) in [7, 11) is 4.46. The first-order chi connectivity index (χ1) is 64.4. The summed E-state index contributed by atoms with van der Waals surface area (Å²) in [6.45, 7) is 16.0. The second-order valence-electron chi connectivity index (χ2n) is 38.6. The van der Waals surface area contributed by atoms with Gasteiger partial charge in [-0.25, -0.2) is 9.59 Å². The zero-order valence-electron chi connectivity index (χ0n) is 77.5. The Morgan fingerprint density at radius 2 is 1.21 bits per heavy atom. The highest BCUT2D eigenvalue weighted by atomic mass is 35.5. The number of hydrogen-bond donors (Lipinski definition) is 14. The van der Waals surface area contributed by atoms with Crippen molar-refractivity contribution >= 4 is 93.9 Å². The van der Waals surface area contributed by atoms with Crippen LogP contribution in [-0.4, -0.2) is 236 Å². The molecular weight excluding hydrogens is 1810 g/mol. The van der Waals surface area contributed by atoms with E-state index in [9.17, 15) is 60.0 Å². The van der Waals surface area contributed by atoms with E-state index in [0.717, 1.165) is 79.5 Å². The molecule has 4 saturated carbocycles. The first-order valence-electron chi connectivity index (χ1n) is 45.6. The number of carbonyl (C=O) groups is 11. The molecule has 5 fully saturated rings. The van der Waals surface area contributed by atoms with E-state index in [2.05, 4.69) is 36.8 Å². The fraction of sp³-hybridized carbons (Fsp3) is 0.520. The van der Waals surface area contributed by atoms with E-state index in [-0.39, 0.29) is 100 Å². The molecule has 10 aliphatic rings. The van der Waals surface area contributed by atoms with Crippen LogP contribution in [0.3, 0.4) is 0 Å². The molecule has 6 aromatic carbocycles. The van der Waals surface area contributed by atoms with E-state index in [1.54, 1.807) is 81.7 Å². The maximum atomic E-state index is 16.9. The predicted octanol–water partition coefficient (Wildman–Crippen LogP) is 10.4. The van der Waals surface area contributed by atoms with Crippen LogP contribution in [0.25, 0.3) is 11.1 Å². The molecule has 734 valence electrons. The van der Waals surface area contributed by atoms with Gasteiger partial charge in [0.05, 0.1) is 41.2 Å². The summed E-state index contributed by atoms with van der Waals surface area (Å²) in [4.78, 5) is 172. The molecule has 38 heteroatoms. The van der Waals surface area contributed by atoms with E-state index in [1.807, 2.05) is 0 Å². The number of aliphatic hydroxyl groups excluding tert-OH is 5. The summed E-state index contributed by atoms with van der Waals surface area (Å²) in [6, 6.07) is 9.72. The number of imide groups is 1. The molecule has 16 rings (SSSR count). The van der Waals surface area contributed by atoms with Crippen LogP contribution in [0, 0.1) is 41.4 Å². The zero-order valence-corrected chi connectivity index (χ0v) is 79.0. The van der Waals surface area contributed by atoms with E-state index in [0.29, 0.717) is 50.4 Å². The Bertz CT molecular complexity index is 5420. The largest absolute Gasteiger partial charge is 0.508 e. The Labute approximate surface area is 796 Å². The average Bonchev–Trinajstić information content (AvgIpc) is 0.757. The van der Waals surface area contributed by atoms with Gasteiger partial charge in [0.2, 0.25) is 41.6 Å². The topological polar surface area (TPSA) is 511 Å². The number of amides is 8. The lowest BCUT2D eigenvalue weighted by Crippen LogP contribution is -2.59. The predicted molar refractivity (Wildman–Crippen MR) is 491 cm³/mol. The third kappa shape index (κ3) is 24.8. The van der Waals surface area contributed by atoms with Crippen molar-refractivity contribution < 1.29 is 136 Å². The van der Waals surface area contributed by atoms with Crippen molar-refractivity contribution in [3.05, 3.63) is 141 Å². The van der Waals surface area contributed by atoms with Crippen LogP contribution in [0.4, 0.5) is 15.3 Å². The maximum Gasteiger partial charge on any atom is 0.410 e. The van der Waals surface area contributed by atoms with Crippen LogP contribution in [0.15, 0.2) is 103 Å². The fourth-order valence-electron chi connectivity index (χ4n) is 19.3. The van der Waals surface area contributed by atoms with Crippen molar-refractivity contribution in [2.24, 2.45) is 41.4 Å². The van der Waals surface area contributed by atoms with Gasteiger partial charge in [-0.15, -0.1) is 0 Å².